The van der Waals surface area contributed by atoms with Crippen LogP contribution in [0.25, 0.3) is 0 Å². The molecule has 3 heterocycles. The summed E-state index contributed by atoms with van der Waals surface area (Å²) in [5.41, 5.74) is 0. The van der Waals surface area contributed by atoms with Gasteiger partial charge >= 0.3 is 0 Å². The van der Waals surface area contributed by atoms with Crippen LogP contribution in [0.4, 0.5) is 0 Å². The first kappa shape index (κ1) is 23.5. The highest BCUT2D eigenvalue weighted by atomic mass is 16.2. The number of amides is 6. The second-order valence-corrected chi connectivity index (χ2v) is 8.39. The molecule has 0 aliphatic carbocycles. The molecule has 0 spiro atoms. The van der Waals surface area contributed by atoms with Gasteiger partial charge in [-0.3, -0.25) is 28.8 Å². The van der Waals surface area contributed by atoms with Crippen molar-refractivity contribution in [3.8, 4) is 0 Å². The van der Waals surface area contributed by atoms with Crippen molar-refractivity contribution in [1.82, 2.24) is 31.1 Å². The maximum atomic E-state index is 12.7. The molecule has 12 nitrogen and oxygen atoms in total. The molecular formula is C20H30N6O6. The lowest BCUT2D eigenvalue weighted by Gasteiger charge is -2.27. The number of hydrogen-bond acceptors (Lipinski definition) is 6. The third-order valence-electron chi connectivity index (χ3n) is 6.08. The largest absolute Gasteiger partial charge is 0.345 e. The molecule has 3 rings (SSSR count). The summed E-state index contributed by atoms with van der Waals surface area (Å²) in [6, 6.07) is -3.30. The first-order valence-corrected chi connectivity index (χ1v) is 10.9. The van der Waals surface area contributed by atoms with Gasteiger partial charge in [0.2, 0.25) is 35.4 Å². The van der Waals surface area contributed by atoms with Crippen molar-refractivity contribution in [2.24, 2.45) is 0 Å². The van der Waals surface area contributed by atoms with E-state index in [9.17, 15) is 28.8 Å². The van der Waals surface area contributed by atoms with E-state index in [-0.39, 0.29) is 13.1 Å². The van der Waals surface area contributed by atoms with E-state index >= 15 is 0 Å². The second-order valence-electron chi connectivity index (χ2n) is 8.39. The maximum Gasteiger partial charge on any atom is 0.243 e. The molecule has 3 saturated heterocycles. The Kier molecular flexibility index (Phi) is 7.31. The summed E-state index contributed by atoms with van der Waals surface area (Å²) in [7, 11) is 0. The second kappa shape index (κ2) is 9.96. The molecule has 0 radical (unpaired) electrons. The van der Waals surface area contributed by atoms with Gasteiger partial charge in [0.15, 0.2) is 0 Å². The predicted octanol–water partition coefficient (Wildman–Crippen LogP) is -2.78. The van der Waals surface area contributed by atoms with Crippen LogP contribution in [0.5, 0.6) is 0 Å². The zero-order valence-corrected chi connectivity index (χ0v) is 18.3. The lowest BCUT2D eigenvalue weighted by molar-refractivity contribution is -0.141. The van der Waals surface area contributed by atoms with Crippen molar-refractivity contribution >= 4 is 35.4 Å². The first-order valence-electron chi connectivity index (χ1n) is 10.9. The Labute approximate surface area is 185 Å². The van der Waals surface area contributed by atoms with Gasteiger partial charge in [0.05, 0.1) is 13.1 Å². The van der Waals surface area contributed by atoms with E-state index in [0.29, 0.717) is 38.8 Å². The van der Waals surface area contributed by atoms with Crippen LogP contribution in [0.15, 0.2) is 0 Å². The van der Waals surface area contributed by atoms with E-state index in [4.69, 9.17) is 0 Å². The monoisotopic (exact) mass is 450 g/mol. The Balaban J connectivity index is 1.77. The highest BCUT2D eigenvalue weighted by Crippen LogP contribution is 2.19. The lowest BCUT2D eigenvalue weighted by atomic mass is 10.1. The van der Waals surface area contributed by atoms with E-state index in [1.54, 1.807) is 0 Å². The highest BCUT2D eigenvalue weighted by molar-refractivity contribution is 5.96. The number of hydrogen-bond donors (Lipinski definition) is 4. The molecule has 0 bridgehead atoms. The Morgan fingerprint density at radius 3 is 1.38 bits per heavy atom. The van der Waals surface area contributed by atoms with E-state index in [2.05, 4.69) is 21.3 Å². The molecule has 0 unspecified atom stereocenters. The van der Waals surface area contributed by atoms with Crippen LogP contribution in [0.2, 0.25) is 0 Å². The van der Waals surface area contributed by atoms with E-state index in [0.717, 1.165) is 0 Å². The quantitative estimate of drug-likeness (QED) is 0.313. The number of nitrogens with one attached hydrogen (secondary N) is 4. The smallest absolute Gasteiger partial charge is 0.243 e. The summed E-state index contributed by atoms with van der Waals surface area (Å²) >= 11 is 0. The summed E-state index contributed by atoms with van der Waals surface area (Å²) in [6.07, 6.45) is 2.13. The van der Waals surface area contributed by atoms with Crippen molar-refractivity contribution < 1.29 is 28.8 Å². The Morgan fingerprint density at radius 2 is 1.00 bits per heavy atom. The van der Waals surface area contributed by atoms with Gasteiger partial charge in [-0.25, -0.2) is 0 Å². The average molecular weight is 450 g/mol. The van der Waals surface area contributed by atoms with Crippen LogP contribution < -0.4 is 21.3 Å². The SMILES string of the molecule is C[C@@H]1NC(=O)[C@H]2CCCN2C(=O)CNC(=O)[C@H](C)NC(=O)[C@H]2CCCN2C(=O)CNC1=O. The molecule has 12 heteroatoms. The molecule has 0 aromatic rings. The van der Waals surface area contributed by atoms with Crippen LogP contribution in [0.3, 0.4) is 0 Å². The lowest BCUT2D eigenvalue weighted by Crippen LogP contribution is -2.56. The molecule has 176 valence electrons. The van der Waals surface area contributed by atoms with Crippen LogP contribution in [0, 0.1) is 0 Å². The Bertz CT molecular complexity index is 750. The van der Waals surface area contributed by atoms with Gasteiger partial charge in [0.1, 0.15) is 24.2 Å². The normalized spacial score (nSPS) is 31.1. The van der Waals surface area contributed by atoms with Gasteiger partial charge in [-0.15, -0.1) is 0 Å². The minimum atomic E-state index is -0.912. The minimum absolute atomic E-state index is 0.313. The van der Waals surface area contributed by atoms with Crippen molar-refractivity contribution in [1.29, 1.82) is 0 Å². The maximum absolute atomic E-state index is 12.7. The van der Waals surface area contributed by atoms with Crippen LogP contribution in [0.1, 0.15) is 39.5 Å². The van der Waals surface area contributed by atoms with Gasteiger partial charge in [-0.05, 0) is 39.5 Å². The van der Waals surface area contributed by atoms with Crippen molar-refractivity contribution in [3.05, 3.63) is 0 Å². The molecular weight excluding hydrogens is 420 g/mol. The summed E-state index contributed by atoms with van der Waals surface area (Å²) in [4.78, 5) is 78.1. The fourth-order valence-electron chi connectivity index (χ4n) is 4.26. The zero-order valence-electron chi connectivity index (χ0n) is 18.3. The Morgan fingerprint density at radius 1 is 0.625 bits per heavy atom. The zero-order chi connectivity index (χ0) is 23.4. The molecule has 6 amide bonds. The van der Waals surface area contributed by atoms with Crippen molar-refractivity contribution in [2.45, 2.75) is 63.7 Å². The number of carbonyl (C=O) groups is 6. The molecule has 3 aliphatic heterocycles. The topological polar surface area (TPSA) is 157 Å². The first-order chi connectivity index (χ1) is 15.2. The van der Waals surface area contributed by atoms with Crippen LogP contribution in [-0.2, 0) is 28.8 Å². The molecule has 32 heavy (non-hydrogen) atoms. The molecule has 0 saturated carbocycles. The predicted molar refractivity (Wildman–Crippen MR) is 111 cm³/mol. The molecule has 0 aromatic heterocycles. The standard InChI is InChI=1S/C20H30N6O6/c1-11-17(29)21-9-15(27)26-8-4-6-14(26)20(32)24-12(2)18(30)22-10-16(28)25-7-3-5-13(25)19(31)23-11/h11-14H,3-10H2,1-2H3,(H,21,29)(H,22,30)(H,23,31)(H,24,32)/t11-,12-,13+,14+/m0/s1. The average Bonchev–Trinajstić information content (AvgIpc) is 3.44. The third-order valence-corrected chi connectivity index (χ3v) is 6.08. The van der Waals surface area contributed by atoms with E-state index < -0.39 is 59.6 Å². The molecule has 3 aliphatic rings. The van der Waals surface area contributed by atoms with Crippen molar-refractivity contribution in [3.63, 3.8) is 0 Å². The van der Waals surface area contributed by atoms with Gasteiger partial charge < -0.3 is 31.1 Å². The number of rotatable bonds is 0. The number of fused-ring (bicyclic) bond motifs is 2. The van der Waals surface area contributed by atoms with Crippen LogP contribution >= 0.6 is 0 Å². The van der Waals surface area contributed by atoms with E-state index in [1.807, 2.05) is 0 Å². The summed E-state index contributed by atoms with van der Waals surface area (Å²) in [6.45, 7) is 3.09. The summed E-state index contributed by atoms with van der Waals surface area (Å²) < 4.78 is 0. The Hall–Kier alpha value is -3.18. The van der Waals surface area contributed by atoms with Gasteiger partial charge in [-0.2, -0.15) is 0 Å². The van der Waals surface area contributed by atoms with E-state index in [1.165, 1.54) is 23.6 Å². The highest BCUT2D eigenvalue weighted by Gasteiger charge is 2.37. The molecule has 0 aromatic carbocycles. The fourth-order valence-corrected chi connectivity index (χ4v) is 4.26. The van der Waals surface area contributed by atoms with Gasteiger partial charge in [0.25, 0.3) is 0 Å². The summed E-state index contributed by atoms with van der Waals surface area (Å²) in [5.74, 6) is -2.83. The van der Waals surface area contributed by atoms with Gasteiger partial charge in [0, 0.05) is 13.1 Å². The molecule has 3 fully saturated rings. The number of carbonyl (C=O) groups excluding carboxylic acids is 6. The minimum Gasteiger partial charge on any atom is -0.345 e. The van der Waals surface area contributed by atoms with Crippen molar-refractivity contribution in [2.75, 3.05) is 26.2 Å². The molecule has 4 N–H and O–H groups in total. The van der Waals surface area contributed by atoms with Gasteiger partial charge in [-0.1, -0.05) is 0 Å². The third kappa shape index (κ3) is 5.17. The van der Waals surface area contributed by atoms with Crippen LogP contribution in [-0.4, -0.2) is 95.6 Å². The summed E-state index contributed by atoms with van der Waals surface area (Å²) in [5, 5.41) is 10.2. The molecule has 4 atom stereocenters. The number of nitrogens with zero attached hydrogens (tertiary/aromatic N) is 2. The fraction of sp³-hybridized carbons (Fsp3) is 0.700.